The first-order chi connectivity index (χ1) is 11.6. The normalized spacial score (nSPS) is 19.7. The van der Waals surface area contributed by atoms with E-state index in [0.29, 0.717) is 0 Å². The molecule has 3 heterocycles. The quantitative estimate of drug-likeness (QED) is 0.605. The maximum Gasteiger partial charge on any atom is 0.418 e. The summed E-state index contributed by atoms with van der Waals surface area (Å²) in [7, 11) is -2.38. The molecule has 8 nitrogen and oxygen atoms in total. The van der Waals surface area contributed by atoms with E-state index in [1.165, 1.54) is 26.0 Å². The van der Waals surface area contributed by atoms with Crippen molar-refractivity contribution < 1.29 is 26.8 Å². The Morgan fingerprint density at radius 1 is 1.28 bits per heavy atom. The molecule has 1 aliphatic rings. The monoisotopic (exact) mass is 405 g/mol. The second-order valence-corrected chi connectivity index (χ2v) is 8.13. The molecule has 12 heteroatoms. The van der Waals surface area contributed by atoms with Crippen LogP contribution < -0.4 is 9.47 Å². The average Bonchev–Trinajstić information content (AvgIpc) is 3.07. The SMILES string of the molecule is Cc1noc(C)c1S(=O)(=O)n1c(Cl)nc2cc3c(cc21)OC(F)(P)O3. The molecule has 0 spiro atoms. The third-order valence-corrected chi connectivity index (χ3v) is 6.14. The third kappa shape index (κ3) is 2.39. The fraction of sp³-hybridized carbons (Fsp3) is 0.231. The van der Waals surface area contributed by atoms with Gasteiger partial charge < -0.3 is 14.0 Å². The Morgan fingerprint density at radius 3 is 2.52 bits per heavy atom. The van der Waals surface area contributed by atoms with Crippen LogP contribution in [0.3, 0.4) is 0 Å². The minimum absolute atomic E-state index is 0.0248. The van der Waals surface area contributed by atoms with Crippen molar-refractivity contribution in [1.29, 1.82) is 0 Å². The van der Waals surface area contributed by atoms with E-state index in [-0.39, 0.29) is 44.2 Å². The molecular weight excluding hydrogens is 396 g/mol. The summed E-state index contributed by atoms with van der Waals surface area (Å²) in [6.45, 7) is 2.97. The second kappa shape index (κ2) is 5.06. The molecule has 1 aliphatic heterocycles. The van der Waals surface area contributed by atoms with Crippen molar-refractivity contribution >= 4 is 41.9 Å². The van der Waals surface area contributed by atoms with Crippen molar-refractivity contribution in [2.24, 2.45) is 0 Å². The molecule has 2 aromatic heterocycles. The molecule has 2 unspecified atom stereocenters. The summed E-state index contributed by atoms with van der Waals surface area (Å²) in [4.78, 5) is 3.89. The van der Waals surface area contributed by atoms with Crippen molar-refractivity contribution in [3.05, 3.63) is 28.9 Å². The van der Waals surface area contributed by atoms with Gasteiger partial charge in [-0.1, -0.05) is 5.16 Å². The molecule has 2 atom stereocenters. The number of alkyl halides is 1. The van der Waals surface area contributed by atoms with Crippen LogP contribution in [0, 0.1) is 13.8 Å². The molecule has 0 radical (unpaired) electrons. The number of hydrogen-bond donors (Lipinski definition) is 0. The van der Waals surface area contributed by atoms with Gasteiger partial charge in [-0.25, -0.2) is 17.4 Å². The number of hydrogen-bond acceptors (Lipinski definition) is 7. The number of rotatable bonds is 2. The first-order valence-corrected chi connectivity index (χ1v) is 9.26. The lowest BCUT2D eigenvalue weighted by atomic mass is 10.3. The maximum atomic E-state index is 13.8. The van der Waals surface area contributed by atoms with Gasteiger partial charge in [0, 0.05) is 12.1 Å². The lowest BCUT2D eigenvalue weighted by molar-refractivity contribution is -0.104. The van der Waals surface area contributed by atoms with Crippen molar-refractivity contribution in [3.63, 3.8) is 0 Å². The summed E-state index contributed by atoms with van der Waals surface area (Å²) in [6, 6.07) is 2.64. The summed E-state index contributed by atoms with van der Waals surface area (Å²) >= 11 is 6.06. The molecule has 25 heavy (non-hydrogen) atoms. The van der Waals surface area contributed by atoms with Crippen LogP contribution in [0.25, 0.3) is 11.0 Å². The fourth-order valence-corrected chi connectivity index (χ4v) is 5.02. The third-order valence-electron chi connectivity index (χ3n) is 3.60. The average molecular weight is 406 g/mol. The number of aryl methyl sites for hydroxylation is 2. The maximum absolute atomic E-state index is 13.8. The first-order valence-electron chi connectivity index (χ1n) is 6.86. The van der Waals surface area contributed by atoms with Crippen molar-refractivity contribution in [2.75, 3.05) is 0 Å². The lowest BCUT2D eigenvalue weighted by Gasteiger charge is -2.10. The van der Waals surface area contributed by atoms with Gasteiger partial charge >= 0.3 is 5.78 Å². The van der Waals surface area contributed by atoms with Crippen LogP contribution in [0.15, 0.2) is 21.6 Å². The Bertz CT molecular complexity index is 1120. The van der Waals surface area contributed by atoms with Crippen LogP contribution in [0.1, 0.15) is 11.5 Å². The Hall–Kier alpha value is -1.90. The van der Waals surface area contributed by atoms with Gasteiger partial charge in [-0.2, -0.15) is 4.39 Å². The molecular formula is C13H10ClFN3O5PS. The molecule has 0 saturated heterocycles. The summed E-state index contributed by atoms with van der Waals surface area (Å²) < 4.78 is 55.6. The largest absolute Gasteiger partial charge is 0.420 e. The molecule has 1 aromatic carbocycles. The predicted octanol–water partition coefficient (Wildman–Crippen LogP) is 2.76. The summed E-state index contributed by atoms with van der Waals surface area (Å²) in [6.07, 6.45) is 0. The smallest absolute Gasteiger partial charge is 0.418 e. The van der Waals surface area contributed by atoms with Gasteiger partial charge in [0.1, 0.15) is 5.69 Å². The van der Waals surface area contributed by atoms with Crippen LogP contribution in [0.2, 0.25) is 5.28 Å². The van der Waals surface area contributed by atoms with E-state index in [0.717, 1.165) is 3.97 Å². The highest BCUT2D eigenvalue weighted by Crippen LogP contribution is 2.45. The van der Waals surface area contributed by atoms with Crippen LogP contribution in [0.4, 0.5) is 4.39 Å². The van der Waals surface area contributed by atoms with Gasteiger partial charge in [-0.15, -0.1) is 0 Å². The molecule has 0 fully saturated rings. The van der Waals surface area contributed by atoms with E-state index in [2.05, 4.69) is 10.1 Å². The Balaban J connectivity index is 1.99. The van der Waals surface area contributed by atoms with E-state index in [4.69, 9.17) is 25.6 Å². The van der Waals surface area contributed by atoms with E-state index in [9.17, 15) is 12.8 Å². The van der Waals surface area contributed by atoms with Crippen LogP contribution in [-0.2, 0) is 10.0 Å². The summed E-state index contributed by atoms with van der Waals surface area (Å²) in [5.74, 6) is -2.20. The standard InChI is InChI=1S/C13H10ClFN3O5PS/c1-5-11(6(2)23-17-5)25(19,20)18-8-4-10-9(21-13(15,24)22-10)3-7(8)16-12(18)14/h3-4H,24H2,1-2H3. The number of imidazole rings is 1. The number of halogens is 2. The summed E-state index contributed by atoms with van der Waals surface area (Å²) in [5, 5.41) is 3.36. The predicted molar refractivity (Wildman–Crippen MR) is 88.1 cm³/mol. The Labute approximate surface area is 148 Å². The van der Waals surface area contributed by atoms with E-state index < -0.39 is 15.8 Å². The van der Waals surface area contributed by atoms with Gasteiger partial charge in [-0.05, 0) is 34.7 Å². The molecule has 132 valence electrons. The minimum atomic E-state index is -4.15. The van der Waals surface area contributed by atoms with Gasteiger partial charge in [0.15, 0.2) is 22.2 Å². The fourth-order valence-electron chi connectivity index (χ4n) is 2.68. The number of fused-ring (bicyclic) bond motifs is 2. The van der Waals surface area contributed by atoms with Crippen LogP contribution in [-0.4, -0.2) is 28.3 Å². The first kappa shape index (κ1) is 16.6. The molecule has 0 N–H and O–H groups in total. The Kier molecular flexibility index (Phi) is 3.35. The molecule has 0 aliphatic carbocycles. The van der Waals surface area contributed by atoms with Gasteiger partial charge in [-0.3, -0.25) is 0 Å². The van der Waals surface area contributed by atoms with Crippen LogP contribution in [0.5, 0.6) is 11.5 Å². The molecule has 4 rings (SSSR count). The highest BCUT2D eigenvalue weighted by Gasteiger charge is 2.38. The highest BCUT2D eigenvalue weighted by molar-refractivity contribution is 7.90. The van der Waals surface area contributed by atoms with Crippen molar-refractivity contribution in [3.8, 4) is 11.5 Å². The number of nitrogens with zero attached hydrogens (tertiary/aromatic N) is 3. The van der Waals surface area contributed by atoms with E-state index in [1.807, 2.05) is 0 Å². The number of aromatic nitrogens is 3. The zero-order chi connectivity index (χ0) is 18.1. The van der Waals surface area contributed by atoms with Crippen molar-refractivity contribution in [2.45, 2.75) is 24.5 Å². The topological polar surface area (TPSA) is 96.5 Å². The zero-order valence-corrected chi connectivity index (χ0v) is 15.5. The lowest BCUT2D eigenvalue weighted by Crippen LogP contribution is -2.23. The summed E-state index contributed by atoms with van der Waals surface area (Å²) in [5.41, 5.74) is 0.490. The van der Waals surface area contributed by atoms with Gasteiger partial charge in [0.2, 0.25) is 5.28 Å². The van der Waals surface area contributed by atoms with Crippen LogP contribution >= 0.6 is 20.8 Å². The molecule has 0 bridgehead atoms. The second-order valence-electron chi connectivity index (χ2n) is 5.38. The number of benzene rings is 1. The molecule has 0 saturated carbocycles. The van der Waals surface area contributed by atoms with Gasteiger partial charge in [0.25, 0.3) is 10.0 Å². The van der Waals surface area contributed by atoms with E-state index in [1.54, 1.807) is 9.24 Å². The highest BCUT2D eigenvalue weighted by atomic mass is 35.5. The molecule has 0 amide bonds. The van der Waals surface area contributed by atoms with Gasteiger partial charge in [0.05, 0.1) is 11.0 Å². The molecule has 3 aromatic rings. The van der Waals surface area contributed by atoms with E-state index >= 15 is 0 Å². The number of ether oxygens (including phenoxy) is 2. The Morgan fingerprint density at radius 2 is 1.92 bits per heavy atom. The minimum Gasteiger partial charge on any atom is -0.420 e. The van der Waals surface area contributed by atoms with Crippen molar-refractivity contribution in [1.82, 2.24) is 14.1 Å². The zero-order valence-electron chi connectivity index (χ0n) is 12.8.